The fourth-order valence-corrected chi connectivity index (χ4v) is 4.46. The van der Waals surface area contributed by atoms with Crippen LogP contribution in [-0.2, 0) is 6.42 Å². The lowest BCUT2D eigenvalue weighted by molar-refractivity contribution is 0.209. The number of nitrogen functional groups attached to an aromatic ring is 1. The summed E-state index contributed by atoms with van der Waals surface area (Å²) in [6.07, 6.45) is 4.45. The molecule has 5 rings (SSSR count). The Kier molecular flexibility index (Phi) is 7.47. The molecule has 0 saturated heterocycles. The van der Waals surface area contributed by atoms with Crippen molar-refractivity contribution in [2.24, 2.45) is 5.73 Å². The van der Waals surface area contributed by atoms with Gasteiger partial charge in [0.25, 0.3) is 0 Å². The molecule has 0 bridgehead atoms. The van der Waals surface area contributed by atoms with Crippen LogP contribution in [0.3, 0.4) is 0 Å². The molecule has 0 radical (unpaired) electrons. The summed E-state index contributed by atoms with van der Waals surface area (Å²) in [5.74, 6) is 2.06. The fraction of sp³-hybridized carbons (Fsp3) is 0.172. The van der Waals surface area contributed by atoms with E-state index < -0.39 is 6.09 Å². The van der Waals surface area contributed by atoms with E-state index >= 15 is 0 Å². The lowest BCUT2D eigenvalue weighted by Gasteiger charge is -2.14. The van der Waals surface area contributed by atoms with E-state index in [0.717, 1.165) is 32.8 Å². The predicted octanol–water partition coefficient (Wildman–Crippen LogP) is 4.48. The minimum atomic E-state index is -1.11. The summed E-state index contributed by atoms with van der Waals surface area (Å²) in [6.45, 7) is 0.255. The van der Waals surface area contributed by atoms with E-state index in [9.17, 15) is 4.79 Å². The average molecular weight is 541 g/mol. The molecular formula is C29H28N6O5. The highest BCUT2D eigenvalue weighted by atomic mass is 16.5. The number of ether oxygens (including phenoxy) is 3. The van der Waals surface area contributed by atoms with Crippen LogP contribution >= 0.6 is 0 Å². The molecule has 2 aromatic carbocycles. The van der Waals surface area contributed by atoms with Crippen molar-refractivity contribution in [2.45, 2.75) is 12.5 Å². The smallest absolute Gasteiger partial charge is 0.409 e. The molecule has 0 spiro atoms. The molecule has 0 aliphatic heterocycles. The van der Waals surface area contributed by atoms with Crippen molar-refractivity contribution in [1.82, 2.24) is 15.0 Å². The number of methoxy groups -OCH3 is 2. The van der Waals surface area contributed by atoms with E-state index in [1.807, 2.05) is 36.4 Å². The summed E-state index contributed by atoms with van der Waals surface area (Å²) in [7, 11) is 3.17. The lowest BCUT2D eigenvalue weighted by atomic mass is 10.0. The summed E-state index contributed by atoms with van der Waals surface area (Å²) in [6, 6.07) is 14.2. The van der Waals surface area contributed by atoms with Crippen LogP contribution in [0.15, 0.2) is 67.1 Å². The molecule has 6 N–H and O–H groups in total. The van der Waals surface area contributed by atoms with Gasteiger partial charge in [0.15, 0.2) is 11.5 Å². The SMILES string of the molecule is COc1cc2ncc3c(N)nc(-c4cncc(OC[C@@H](N)Cc5ccc(NC(=O)O)cc5)c4)cc3c2cc1OC. The maximum absolute atomic E-state index is 10.8. The third kappa shape index (κ3) is 5.64. The first-order chi connectivity index (χ1) is 19.3. The van der Waals surface area contributed by atoms with Crippen molar-refractivity contribution in [2.75, 3.05) is 31.9 Å². The Labute approximate surface area is 229 Å². The van der Waals surface area contributed by atoms with Crippen LogP contribution in [0.2, 0.25) is 0 Å². The quantitative estimate of drug-likeness (QED) is 0.196. The van der Waals surface area contributed by atoms with Crippen LogP contribution in [0, 0.1) is 0 Å². The van der Waals surface area contributed by atoms with Gasteiger partial charge >= 0.3 is 6.09 Å². The van der Waals surface area contributed by atoms with Crippen LogP contribution in [-0.4, -0.2) is 53.0 Å². The molecule has 0 aliphatic carbocycles. The zero-order chi connectivity index (χ0) is 28.2. The van der Waals surface area contributed by atoms with Crippen LogP contribution in [0.5, 0.6) is 17.2 Å². The van der Waals surface area contributed by atoms with Crippen molar-refractivity contribution in [3.8, 4) is 28.5 Å². The van der Waals surface area contributed by atoms with Gasteiger partial charge in [0.05, 0.1) is 31.6 Å². The minimum absolute atomic E-state index is 0.255. The molecule has 11 heteroatoms. The first-order valence-electron chi connectivity index (χ1n) is 12.4. The zero-order valence-electron chi connectivity index (χ0n) is 21.9. The number of pyridine rings is 3. The van der Waals surface area contributed by atoms with Gasteiger partial charge in [-0.25, -0.2) is 9.78 Å². The molecule has 3 aromatic heterocycles. The topological polar surface area (TPSA) is 168 Å². The molecule has 3 heterocycles. The van der Waals surface area contributed by atoms with Crippen molar-refractivity contribution in [3.05, 3.63) is 72.7 Å². The van der Waals surface area contributed by atoms with Gasteiger partial charge in [0.2, 0.25) is 0 Å². The largest absolute Gasteiger partial charge is 0.493 e. The number of hydrogen-bond donors (Lipinski definition) is 4. The normalized spacial score (nSPS) is 11.8. The molecule has 0 saturated carbocycles. The van der Waals surface area contributed by atoms with Crippen LogP contribution in [0.4, 0.5) is 16.3 Å². The number of carboxylic acid groups (broad SMARTS) is 1. The third-order valence-electron chi connectivity index (χ3n) is 6.39. The van der Waals surface area contributed by atoms with E-state index in [-0.39, 0.29) is 12.6 Å². The minimum Gasteiger partial charge on any atom is -0.493 e. The Bertz CT molecular complexity index is 1690. The number of rotatable bonds is 9. The number of nitrogens with zero attached hydrogens (tertiary/aromatic N) is 3. The highest BCUT2D eigenvalue weighted by Gasteiger charge is 2.14. The van der Waals surface area contributed by atoms with Gasteiger partial charge in [0.1, 0.15) is 18.2 Å². The molecule has 1 atom stereocenters. The maximum atomic E-state index is 10.8. The van der Waals surface area contributed by atoms with Gasteiger partial charge in [0, 0.05) is 46.5 Å². The van der Waals surface area contributed by atoms with Crippen molar-refractivity contribution < 1.29 is 24.1 Å². The van der Waals surface area contributed by atoms with Crippen LogP contribution in [0.1, 0.15) is 5.56 Å². The van der Waals surface area contributed by atoms with Gasteiger partial charge in [-0.2, -0.15) is 0 Å². The first-order valence-corrected chi connectivity index (χ1v) is 12.4. The summed E-state index contributed by atoms with van der Waals surface area (Å²) < 4.78 is 16.9. The summed E-state index contributed by atoms with van der Waals surface area (Å²) >= 11 is 0. The highest BCUT2D eigenvalue weighted by molar-refractivity contribution is 6.10. The predicted molar refractivity (Wildman–Crippen MR) is 153 cm³/mol. The van der Waals surface area contributed by atoms with Gasteiger partial charge in [-0.3, -0.25) is 15.3 Å². The van der Waals surface area contributed by atoms with Gasteiger partial charge in [-0.05, 0) is 47.7 Å². The van der Waals surface area contributed by atoms with E-state index in [4.69, 9.17) is 30.8 Å². The molecule has 0 fully saturated rings. The number of benzene rings is 2. The standard InChI is InChI=1S/C29H28N6O5/c1-38-26-10-22-21-9-24(35-28(31)23(21)14-33-25(22)11-27(26)39-2)17-8-20(13-32-12-17)40-15-18(30)7-16-3-5-19(6-4-16)34-29(36)37/h3-6,8-14,18,34H,7,15,30H2,1-2H3,(H2,31,35)(H,36,37)/t18-/m0/s1. The Morgan fingerprint density at radius 3 is 2.45 bits per heavy atom. The number of carbonyl (C=O) groups is 1. The number of nitrogens with one attached hydrogen (secondary N) is 1. The Morgan fingerprint density at radius 1 is 0.975 bits per heavy atom. The summed E-state index contributed by atoms with van der Waals surface area (Å²) in [5.41, 5.74) is 16.2. The molecule has 40 heavy (non-hydrogen) atoms. The summed E-state index contributed by atoms with van der Waals surface area (Å²) in [5, 5.41) is 13.6. The Hall–Kier alpha value is -5.16. The monoisotopic (exact) mass is 540 g/mol. The number of anilines is 2. The molecule has 5 aromatic rings. The number of amides is 1. The Balaban J connectivity index is 1.36. The molecule has 204 valence electrons. The van der Waals surface area contributed by atoms with E-state index in [0.29, 0.717) is 40.9 Å². The zero-order valence-corrected chi connectivity index (χ0v) is 21.9. The maximum Gasteiger partial charge on any atom is 0.409 e. The molecule has 11 nitrogen and oxygen atoms in total. The average Bonchev–Trinajstić information content (AvgIpc) is 2.96. The van der Waals surface area contributed by atoms with Crippen molar-refractivity contribution in [3.63, 3.8) is 0 Å². The molecular weight excluding hydrogens is 512 g/mol. The number of fused-ring (bicyclic) bond motifs is 3. The fourth-order valence-electron chi connectivity index (χ4n) is 4.46. The summed E-state index contributed by atoms with van der Waals surface area (Å²) in [4.78, 5) is 24.2. The number of hydrogen-bond acceptors (Lipinski definition) is 9. The molecule has 0 aliphatic rings. The number of aromatic nitrogens is 3. The van der Waals surface area contributed by atoms with E-state index in [1.54, 1.807) is 44.9 Å². The van der Waals surface area contributed by atoms with Gasteiger partial charge in [-0.15, -0.1) is 0 Å². The molecule has 1 amide bonds. The lowest BCUT2D eigenvalue weighted by Crippen LogP contribution is -2.30. The molecule has 0 unspecified atom stereocenters. The highest BCUT2D eigenvalue weighted by Crippen LogP contribution is 2.37. The first kappa shape index (κ1) is 26.4. The second kappa shape index (κ2) is 11.3. The van der Waals surface area contributed by atoms with Gasteiger partial charge < -0.3 is 30.8 Å². The second-order valence-electron chi connectivity index (χ2n) is 9.15. The number of nitrogens with two attached hydrogens (primary N) is 2. The van der Waals surface area contributed by atoms with E-state index in [1.165, 1.54) is 0 Å². The Morgan fingerprint density at radius 2 is 1.73 bits per heavy atom. The van der Waals surface area contributed by atoms with Gasteiger partial charge in [-0.1, -0.05) is 12.1 Å². The van der Waals surface area contributed by atoms with Crippen LogP contribution < -0.4 is 31.0 Å². The second-order valence-corrected chi connectivity index (χ2v) is 9.15. The van der Waals surface area contributed by atoms with E-state index in [2.05, 4.69) is 20.3 Å². The third-order valence-corrected chi connectivity index (χ3v) is 6.39. The van der Waals surface area contributed by atoms with Crippen molar-refractivity contribution >= 4 is 39.3 Å². The van der Waals surface area contributed by atoms with Crippen LogP contribution in [0.25, 0.3) is 32.9 Å². The van der Waals surface area contributed by atoms with Crippen molar-refractivity contribution in [1.29, 1.82) is 0 Å².